The normalized spacial score (nSPS) is 13.7. The standard InChI is InChI=1S/C16H13BrN2O2/c17-11-7-8-12(18-10-11)4-3-9-19-15(20)13-5-1-2-6-14(13)16(19)21/h1-2,5-8,10H,3-4,9H2. The van der Waals surface area contributed by atoms with Gasteiger partial charge in [0, 0.05) is 22.9 Å². The van der Waals surface area contributed by atoms with Crippen molar-refractivity contribution in [2.45, 2.75) is 12.8 Å². The molecular formula is C16H13BrN2O2. The van der Waals surface area contributed by atoms with Crippen LogP contribution in [0.1, 0.15) is 32.8 Å². The highest BCUT2D eigenvalue weighted by Crippen LogP contribution is 2.22. The predicted octanol–water partition coefficient (Wildman–Crippen LogP) is 3.07. The van der Waals surface area contributed by atoms with Crippen molar-refractivity contribution in [1.82, 2.24) is 9.88 Å². The number of carbonyl (C=O) groups excluding carboxylic acids is 2. The summed E-state index contributed by atoms with van der Waals surface area (Å²) in [6.07, 6.45) is 3.19. The Hall–Kier alpha value is -2.01. The summed E-state index contributed by atoms with van der Waals surface area (Å²) in [5, 5.41) is 0. The second-order valence-corrected chi connectivity index (χ2v) is 5.79. The Morgan fingerprint density at radius 3 is 2.24 bits per heavy atom. The van der Waals surface area contributed by atoms with Crippen LogP contribution in [-0.4, -0.2) is 28.2 Å². The third-order valence-electron chi connectivity index (χ3n) is 3.48. The molecule has 0 aliphatic carbocycles. The van der Waals surface area contributed by atoms with Gasteiger partial charge in [0.2, 0.25) is 0 Å². The molecule has 0 fully saturated rings. The molecule has 2 heterocycles. The van der Waals surface area contributed by atoms with E-state index in [2.05, 4.69) is 20.9 Å². The van der Waals surface area contributed by atoms with E-state index < -0.39 is 0 Å². The number of carbonyl (C=O) groups is 2. The molecule has 0 unspecified atom stereocenters. The van der Waals surface area contributed by atoms with Crippen LogP contribution in [-0.2, 0) is 6.42 Å². The number of aromatic nitrogens is 1. The zero-order chi connectivity index (χ0) is 14.8. The smallest absolute Gasteiger partial charge is 0.261 e. The van der Waals surface area contributed by atoms with Gasteiger partial charge in [-0.15, -0.1) is 0 Å². The van der Waals surface area contributed by atoms with Crippen LogP contribution in [0.4, 0.5) is 0 Å². The van der Waals surface area contributed by atoms with Gasteiger partial charge in [-0.1, -0.05) is 12.1 Å². The molecular weight excluding hydrogens is 332 g/mol. The second-order valence-electron chi connectivity index (χ2n) is 4.88. The second kappa shape index (κ2) is 5.77. The highest BCUT2D eigenvalue weighted by Gasteiger charge is 2.34. The lowest BCUT2D eigenvalue weighted by Crippen LogP contribution is -2.31. The first kappa shape index (κ1) is 13.9. The maximum atomic E-state index is 12.2. The van der Waals surface area contributed by atoms with Crippen LogP contribution in [0.2, 0.25) is 0 Å². The summed E-state index contributed by atoms with van der Waals surface area (Å²) in [5.74, 6) is -0.390. The highest BCUT2D eigenvalue weighted by molar-refractivity contribution is 9.10. The number of amides is 2. The van der Waals surface area contributed by atoms with Crippen molar-refractivity contribution in [2.75, 3.05) is 6.54 Å². The molecule has 1 aliphatic rings. The van der Waals surface area contributed by atoms with Crippen LogP contribution in [0.5, 0.6) is 0 Å². The van der Waals surface area contributed by atoms with Crippen LogP contribution < -0.4 is 0 Å². The molecule has 0 bridgehead atoms. The zero-order valence-corrected chi connectivity index (χ0v) is 12.8. The molecule has 2 amide bonds. The number of nitrogens with zero attached hydrogens (tertiary/aromatic N) is 2. The lowest BCUT2D eigenvalue weighted by molar-refractivity contribution is 0.0652. The van der Waals surface area contributed by atoms with Crippen molar-refractivity contribution in [1.29, 1.82) is 0 Å². The molecule has 5 heteroatoms. The van der Waals surface area contributed by atoms with Gasteiger partial charge >= 0.3 is 0 Å². The average Bonchev–Trinajstić information content (AvgIpc) is 2.75. The Kier molecular flexibility index (Phi) is 3.84. The Bertz CT molecular complexity index is 663. The molecule has 0 N–H and O–H groups in total. The molecule has 0 spiro atoms. The fourth-order valence-electron chi connectivity index (χ4n) is 2.41. The van der Waals surface area contributed by atoms with Gasteiger partial charge in [0.05, 0.1) is 11.1 Å². The van der Waals surface area contributed by atoms with Crippen molar-refractivity contribution in [3.8, 4) is 0 Å². The summed E-state index contributed by atoms with van der Waals surface area (Å²) in [6, 6.07) is 10.8. The van der Waals surface area contributed by atoms with Crippen LogP contribution in [0.25, 0.3) is 0 Å². The van der Waals surface area contributed by atoms with Crippen molar-refractivity contribution in [3.63, 3.8) is 0 Å². The number of rotatable bonds is 4. The largest absolute Gasteiger partial charge is 0.274 e. The first-order chi connectivity index (χ1) is 10.2. The van der Waals surface area contributed by atoms with E-state index in [0.29, 0.717) is 24.1 Å². The minimum atomic E-state index is -0.195. The molecule has 3 rings (SSSR count). The SMILES string of the molecule is O=C1c2ccccc2C(=O)N1CCCc1ccc(Br)cn1. The number of aryl methyl sites for hydroxylation is 1. The minimum Gasteiger partial charge on any atom is -0.274 e. The maximum absolute atomic E-state index is 12.2. The summed E-state index contributed by atoms with van der Waals surface area (Å²) < 4.78 is 0.937. The van der Waals surface area contributed by atoms with Crippen LogP contribution in [0, 0.1) is 0 Å². The zero-order valence-electron chi connectivity index (χ0n) is 11.3. The van der Waals surface area contributed by atoms with Gasteiger partial charge in [0.15, 0.2) is 0 Å². The van der Waals surface area contributed by atoms with Gasteiger partial charge in [-0.2, -0.15) is 0 Å². The number of halogens is 1. The molecule has 2 aromatic rings. The van der Waals surface area contributed by atoms with E-state index in [1.165, 1.54) is 4.90 Å². The Labute approximate surface area is 130 Å². The summed E-state index contributed by atoms with van der Waals surface area (Å²) in [6.45, 7) is 0.421. The fraction of sp³-hybridized carbons (Fsp3) is 0.188. The van der Waals surface area contributed by atoms with Gasteiger partial charge in [-0.3, -0.25) is 19.5 Å². The summed E-state index contributed by atoms with van der Waals surface area (Å²) in [4.78, 5) is 30.0. The summed E-state index contributed by atoms with van der Waals surface area (Å²) in [7, 11) is 0. The molecule has 1 aromatic carbocycles. The topological polar surface area (TPSA) is 50.3 Å². The molecule has 106 valence electrons. The van der Waals surface area contributed by atoms with E-state index in [-0.39, 0.29) is 11.8 Å². The monoisotopic (exact) mass is 344 g/mol. The number of fused-ring (bicyclic) bond motifs is 1. The van der Waals surface area contributed by atoms with Gasteiger partial charge in [-0.05, 0) is 53.0 Å². The summed E-state index contributed by atoms with van der Waals surface area (Å²) >= 11 is 3.34. The van der Waals surface area contributed by atoms with Crippen LogP contribution in [0.15, 0.2) is 47.1 Å². The number of hydrogen-bond acceptors (Lipinski definition) is 3. The maximum Gasteiger partial charge on any atom is 0.261 e. The van der Waals surface area contributed by atoms with E-state index in [0.717, 1.165) is 16.6 Å². The Morgan fingerprint density at radius 1 is 1.00 bits per heavy atom. The van der Waals surface area contributed by atoms with Gasteiger partial charge < -0.3 is 0 Å². The number of benzene rings is 1. The quantitative estimate of drug-likeness (QED) is 0.801. The van der Waals surface area contributed by atoms with E-state index in [1.807, 2.05) is 12.1 Å². The minimum absolute atomic E-state index is 0.195. The lowest BCUT2D eigenvalue weighted by atomic mass is 10.1. The molecule has 4 nitrogen and oxygen atoms in total. The Balaban J connectivity index is 1.63. The van der Waals surface area contributed by atoms with Crippen LogP contribution in [0.3, 0.4) is 0 Å². The highest BCUT2D eigenvalue weighted by atomic mass is 79.9. The third-order valence-corrected chi connectivity index (χ3v) is 3.95. The number of imide groups is 1. The molecule has 0 saturated heterocycles. The van der Waals surface area contributed by atoms with Crippen LogP contribution >= 0.6 is 15.9 Å². The molecule has 0 radical (unpaired) electrons. The molecule has 0 atom stereocenters. The van der Waals surface area contributed by atoms with E-state index in [9.17, 15) is 9.59 Å². The van der Waals surface area contributed by atoms with E-state index >= 15 is 0 Å². The summed E-state index contributed by atoms with van der Waals surface area (Å²) in [5.41, 5.74) is 1.96. The first-order valence-corrected chi connectivity index (χ1v) is 7.52. The molecule has 1 aliphatic heterocycles. The third kappa shape index (κ3) is 2.74. The lowest BCUT2D eigenvalue weighted by Gasteiger charge is -2.13. The van der Waals surface area contributed by atoms with Crippen molar-refractivity contribution < 1.29 is 9.59 Å². The molecule has 0 saturated carbocycles. The van der Waals surface area contributed by atoms with Crippen molar-refractivity contribution in [2.24, 2.45) is 0 Å². The van der Waals surface area contributed by atoms with Crippen molar-refractivity contribution in [3.05, 3.63) is 63.9 Å². The number of hydrogen-bond donors (Lipinski definition) is 0. The first-order valence-electron chi connectivity index (χ1n) is 6.72. The number of pyridine rings is 1. The molecule has 1 aromatic heterocycles. The van der Waals surface area contributed by atoms with Gasteiger partial charge in [0.25, 0.3) is 11.8 Å². The fourth-order valence-corrected chi connectivity index (χ4v) is 2.65. The predicted molar refractivity (Wildman–Crippen MR) is 82.1 cm³/mol. The van der Waals surface area contributed by atoms with Gasteiger partial charge in [-0.25, -0.2) is 0 Å². The van der Waals surface area contributed by atoms with Crippen molar-refractivity contribution >= 4 is 27.7 Å². The molecule has 21 heavy (non-hydrogen) atoms. The Morgan fingerprint density at radius 2 is 1.67 bits per heavy atom. The van der Waals surface area contributed by atoms with Gasteiger partial charge in [0.1, 0.15) is 0 Å². The van der Waals surface area contributed by atoms with E-state index in [1.54, 1.807) is 30.5 Å². The van der Waals surface area contributed by atoms with E-state index in [4.69, 9.17) is 0 Å². The average molecular weight is 345 g/mol.